The molecule has 0 radical (unpaired) electrons. The van der Waals surface area contributed by atoms with Crippen LogP contribution in [0.1, 0.15) is 24.3 Å². The third-order valence-corrected chi connectivity index (χ3v) is 4.00. The van der Waals surface area contributed by atoms with Crippen molar-refractivity contribution in [3.63, 3.8) is 0 Å². The zero-order chi connectivity index (χ0) is 15.5. The van der Waals surface area contributed by atoms with E-state index in [-0.39, 0.29) is 11.9 Å². The number of carbonyl (C=O) groups is 1. The van der Waals surface area contributed by atoms with E-state index in [2.05, 4.69) is 27.1 Å². The SMILES string of the molecule is CCn1cc(C(=O)N2CCN(c3ccncc3)CC2C)nn1. The van der Waals surface area contributed by atoms with Crippen molar-refractivity contribution in [2.24, 2.45) is 0 Å². The number of pyridine rings is 1. The highest BCUT2D eigenvalue weighted by molar-refractivity contribution is 5.92. The summed E-state index contributed by atoms with van der Waals surface area (Å²) in [5, 5.41) is 7.91. The fraction of sp³-hybridized carbons (Fsp3) is 0.467. The highest BCUT2D eigenvalue weighted by Gasteiger charge is 2.29. The van der Waals surface area contributed by atoms with Gasteiger partial charge in [-0.2, -0.15) is 0 Å². The summed E-state index contributed by atoms with van der Waals surface area (Å²) in [6.07, 6.45) is 5.30. The molecule has 0 saturated carbocycles. The van der Waals surface area contributed by atoms with Crippen molar-refractivity contribution in [1.82, 2.24) is 24.9 Å². The minimum atomic E-state index is -0.0402. The Morgan fingerprint density at radius 3 is 2.73 bits per heavy atom. The van der Waals surface area contributed by atoms with Crippen LogP contribution < -0.4 is 4.90 Å². The van der Waals surface area contributed by atoms with E-state index in [4.69, 9.17) is 0 Å². The van der Waals surface area contributed by atoms with Crippen LogP contribution in [-0.4, -0.2) is 56.5 Å². The molecule has 7 nitrogen and oxygen atoms in total. The van der Waals surface area contributed by atoms with E-state index in [0.29, 0.717) is 18.8 Å². The topological polar surface area (TPSA) is 67.2 Å². The molecule has 22 heavy (non-hydrogen) atoms. The van der Waals surface area contributed by atoms with Crippen LogP contribution in [0.2, 0.25) is 0 Å². The molecule has 1 unspecified atom stereocenters. The van der Waals surface area contributed by atoms with Gasteiger partial charge in [0.25, 0.3) is 5.91 Å². The Labute approximate surface area is 129 Å². The summed E-state index contributed by atoms with van der Waals surface area (Å²) < 4.78 is 1.67. The van der Waals surface area contributed by atoms with Crippen LogP contribution in [0, 0.1) is 0 Å². The lowest BCUT2D eigenvalue weighted by atomic mass is 10.1. The highest BCUT2D eigenvalue weighted by Crippen LogP contribution is 2.19. The average molecular weight is 300 g/mol. The first-order valence-electron chi connectivity index (χ1n) is 7.55. The van der Waals surface area contributed by atoms with Gasteiger partial charge >= 0.3 is 0 Å². The number of hydrogen-bond acceptors (Lipinski definition) is 5. The van der Waals surface area contributed by atoms with E-state index < -0.39 is 0 Å². The van der Waals surface area contributed by atoms with E-state index in [9.17, 15) is 4.79 Å². The molecule has 0 bridgehead atoms. The van der Waals surface area contributed by atoms with Gasteiger partial charge in [0.15, 0.2) is 5.69 Å². The maximum atomic E-state index is 12.6. The van der Waals surface area contributed by atoms with Gasteiger partial charge in [-0.25, -0.2) is 0 Å². The molecule has 3 rings (SSSR count). The quantitative estimate of drug-likeness (QED) is 0.847. The molecule has 0 N–H and O–H groups in total. The summed E-state index contributed by atoms with van der Waals surface area (Å²) in [6.45, 7) is 7.04. The average Bonchev–Trinajstić information content (AvgIpc) is 3.04. The van der Waals surface area contributed by atoms with Crippen LogP contribution in [0.15, 0.2) is 30.7 Å². The monoisotopic (exact) mass is 300 g/mol. The minimum Gasteiger partial charge on any atom is -0.368 e. The van der Waals surface area contributed by atoms with Crippen LogP contribution in [0.25, 0.3) is 0 Å². The van der Waals surface area contributed by atoms with Gasteiger partial charge in [-0.1, -0.05) is 5.21 Å². The fourth-order valence-corrected chi connectivity index (χ4v) is 2.75. The van der Waals surface area contributed by atoms with Gasteiger partial charge in [0.1, 0.15) is 0 Å². The summed E-state index contributed by atoms with van der Waals surface area (Å²) in [6, 6.07) is 4.12. The van der Waals surface area contributed by atoms with Crippen molar-refractivity contribution in [2.45, 2.75) is 26.4 Å². The summed E-state index contributed by atoms with van der Waals surface area (Å²) in [4.78, 5) is 20.8. The van der Waals surface area contributed by atoms with Gasteiger partial charge in [0.2, 0.25) is 0 Å². The molecule has 1 amide bonds. The number of piperazine rings is 1. The van der Waals surface area contributed by atoms with Gasteiger partial charge in [0, 0.05) is 50.3 Å². The maximum absolute atomic E-state index is 12.6. The third-order valence-electron chi connectivity index (χ3n) is 4.00. The number of aromatic nitrogens is 4. The molecular formula is C15H20N6O. The van der Waals surface area contributed by atoms with E-state index in [0.717, 1.165) is 18.8 Å². The molecule has 1 saturated heterocycles. The van der Waals surface area contributed by atoms with Crippen LogP contribution in [-0.2, 0) is 6.54 Å². The van der Waals surface area contributed by atoms with Gasteiger partial charge in [0.05, 0.1) is 6.20 Å². The molecule has 2 aromatic rings. The number of carbonyl (C=O) groups excluding carboxylic acids is 1. The Morgan fingerprint density at radius 2 is 2.09 bits per heavy atom. The Kier molecular flexibility index (Phi) is 4.04. The van der Waals surface area contributed by atoms with Crippen molar-refractivity contribution in [3.8, 4) is 0 Å². The second-order valence-electron chi connectivity index (χ2n) is 5.46. The number of anilines is 1. The molecule has 0 aromatic carbocycles. The Balaban J connectivity index is 1.69. The maximum Gasteiger partial charge on any atom is 0.276 e. The number of aryl methyl sites for hydroxylation is 1. The Morgan fingerprint density at radius 1 is 1.32 bits per heavy atom. The molecule has 1 aliphatic heterocycles. The van der Waals surface area contributed by atoms with Gasteiger partial charge < -0.3 is 9.80 Å². The van der Waals surface area contributed by atoms with Crippen LogP contribution >= 0.6 is 0 Å². The highest BCUT2D eigenvalue weighted by atomic mass is 16.2. The van der Waals surface area contributed by atoms with Gasteiger partial charge in [-0.05, 0) is 26.0 Å². The molecule has 3 heterocycles. The molecule has 116 valence electrons. The molecule has 2 aromatic heterocycles. The normalized spacial score (nSPS) is 18.5. The molecule has 0 aliphatic carbocycles. The largest absolute Gasteiger partial charge is 0.368 e. The van der Waals surface area contributed by atoms with E-state index in [1.807, 2.05) is 24.0 Å². The molecule has 7 heteroatoms. The zero-order valence-corrected chi connectivity index (χ0v) is 12.9. The zero-order valence-electron chi connectivity index (χ0n) is 12.9. The fourth-order valence-electron chi connectivity index (χ4n) is 2.75. The predicted octanol–water partition coefficient (Wildman–Crippen LogP) is 1.04. The van der Waals surface area contributed by atoms with Crippen molar-refractivity contribution >= 4 is 11.6 Å². The summed E-state index contributed by atoms with van der Waals surface area (Å²) in [7, 11) is 0. The Hall–Kier alpha value is -2.44. The molecule has 1 atom stereocenters. The second kappa shape index (κ2) is 6.13. The van der Waals surface area contributed by atoms with E-state index >= 15 is 0 Å². The third kappa shape index (κ3) is 2.79. The van der Waals surface area contributed by atoms with E-state index in [1.54, 1.807) is 23.3 Å². The van der Waals surface area contributed by atoms with Gasteiger partial charge in [-0.15, -0.1) is 5.10 Å². The first-order valence-corrected chi connectivity index (χ1v) is 7.55. The predicted molar refractivity (Wildman–Crippen MR) is 82.6 cm³/mol. The molecule has 1 aliphatic rings. The minimum absolute atomic E-state index is 0.0402. The Bertz CT molecular complexity index is 640. The van der Waals surface area contributed by atoms with Crippen LogP contribution in [0.4, 0.5) is 5.69 Å². The van der Waals surface area contributed by atoms with Crippen molar-refractivity contribution in [1.29, 1.82) is 0 Å². The van der Waals surface area contributed by atoms with Crippen molar-refractivity contribution in [2.75, 3.05) is 24.5 Å². The number of nitrogens with zero attached hydrogens (tertiary/aromatic N) is 6. The van der Waals surface area contributed by atoms with Crippen LogP contribution in [0.3, 0.4) is 0 Å². The number of hydrogen-bond donors (Lipinski definition) is 0. The molecule has 0 spiro atoms. The van der Waals surface area contributed by atoms with Crippen molar-refractivity contribution < 1.29 is 4.79 Å². The number of rotatable bonds is 3. The van der Waals surface area contributed by atoms with Crippen LogP contribution in [0.5, 0.6) is 0 Å². The lowest BCUT2D eigenvalue weighted by Gasteiger charge is -2.40. The molecular weight excluding hydrogens is 280 g/mol. The smallest absolute Gasteiger partial charge is 0.276 e. The van der Waals surface area contributed by atoms with Crippen molar-refractivity contribution in [3.05, 3.63) is 36.4 Å². The lowest BCUT2D eigenvalue weighted by molar-refractivity contribution is 0.0668. The first kappa shape index (κ1) is 14.5. The van der Waals surface area contributed by atoms with Gasteiger partial charge in [-0.3, -0.25) is 14.5 Å². The standard InChI is InChI=1S/C15H20N6O/c1-3-20-11-14(17-18-20)15(22)21-9-8-19(10-12(21)2)13-4-6-16-7-5-13/h4-7,11-12H,3,8-10H2,1-2H3. The summed E-state index contributed by atoms with van der Waals surface area (Å²) in [5.41, 5.74) is 1.57. The first-order chi connectivity index (χ1) is 10.7. The second-order valence-corrected chi connectivity index (χ2v) is 5.46. The summed E-state index contributed by atoms with van der Waals surface area (Å²) in [5.74, 6) is -0.0402. The lowest BCUT2D eigenvalue weighted by Crippen LogP contribution is -2.54. The van der Waals surface area contributed by atoms with E-state index in [1.165, 1.54) is 0 Å². The molecule has 1 fully saturated rings. The number of amides is 1. The summed E-state index contributed by atoms with van der Waals surface area (Å²) >= 11 is 0.